The molecular weight excluding hydrogens is 264 g/mol. The molecule has 0 amide bonds. The summed E-state index contributed by atoms with van der Waals surface area (Å²) in [5.41, 5.74) is 6.91. The summed E-state index contributed by atoms with van der Waals surface area (Å²) in [5, 5.41) is 9.35. The van der Waals surface area contributed by atoms with Gasteiger partial charge in [0.1, 0.15) is 0 Å². The molecule has 6 heteroatoms. The zero-order chi connectivity index (χ0) is 14.0. The van der Waals surface area contributed by atoms with Crippen LogP contribution in [0.5, 0.6) is 0 Å². The van der Waals surface area contributed by atoms with Crippen molar-refractivity contribution in [3.8, 4) is 0 Å². The topological polar surface area (TPSA) is 83.6 Å². The minimum atomic E-state index is -3.39. The van der Waals surface area contributed by atoms with Crippen LogP contribution in [0.3, 0.4) is 0 Å². The zero-order valence-electron chi connectivity index (χ0n) is 11.0. The molecule has 19 heavy (non-hydrogen) atoms. The van der Waals surface area contributed by atoms with Gasteiger partial charge in [-0.15, -0.1) is 0 Å². The third kappa shape index (κ3) is 3.08. The molecule has 2 atom stereocenters. The third-order valence-corrected chi connectivity index (χ3v) is 5.57. The van der Waals surface area contributed by atoms with Crippen LogP contribution >= 0.6 is 0 Å². The summed E-state index contributed by atoms with van der Waals surface area (Å²) in [4.78, 5) is 0. The number of hydrogen-bond donors (Lipinski definition) is 2. The van der Waals surface area contributed by atoms with Crippen LogP contribution in [-0.4, -0.2) is 37.0 Å². The average molecular weight is 284 g/mol. The summed E-state index contributed by atoms with van der Waals surface area (Å²) in [6.07, 6.45) is 0.798. The number of anilines is 1. The van der Waals surface area contributed by atoms with E-state index in [1.165, 1.54) is 4.31 Å². The quantitative estimate of drug-likeness (QED) is 0.801. The number of nitrogen functional groups attached to an aromatic ring is 1. The highest BCUT2D eigenvalue weighted by atomic mass is 32.2. The fourth-order valence-electron chi connectivity index (χ4n) is 2.50. The molecule has 0 radical (unpaired) electrons. The fourth-order valence-corrected chi connectivity index (χ4v) is 4.35. The van der Waals surface area contributed by atoms with Crippen molar-refractivity contribution in [3.05, 3.63) is 29.8 Å². The van der Waals surface area contributed by atoms with Gasteiger partial charge in [-0.3, -0.25) is 0 Å². The maximum atomic E-state index is 12.4. The Morgan fingerprint density at radius 1 is 1.37 bits per heavy atom. The Labute approximate surface area is 114 Å². The largest absolute Gasteiger partial charge is 0.399 e. The molecule has 0 aromatic heterocycles. The van der Waals surface area contributed by atoms with Gasteiger partial charge in [-0.2, -0.15) is 4.31 Å². The van der Waals surface area contributed by atoms with E-state index in [-0.39, 0.29) is 24.3 Å². The van der Waals surface area contributed by atoms with Crippen LogP contribution in [0.1, 0.15) is 18.9 Å². The first-order valence-electron chi connectivity index (χ1n) is 6.39. The Kier molecular flexibility index (Phi) is 4.13. The highest BCUT2D eigenvalue weighted by Gasteiger charge is 2.38. The smallest absolute Gasteiger partial charge is 0.218 e. The molecule has 0 saturated carbocycles. The predicted octanol–water partition coefficient (Wildman–Crippen LogP) is 0.801. The molecule has 106 valence electrons. The van der Waals surface area contributed by atoms with Crippen molar-refractivity contribution in [2.45, 2.75) is 25.1 Å². The Bertz CT molecular complexity index is 527. The Morgan fingerprint density at radius 2 is 2.00 bits per heavy atom. The summed E-state index contributed by atoms with van der Waals surface area (Å²) in [7, 11) is -3.39. The number of hydrogen-bond acceptors (Lipinski definition) is 4. The van der Waals surface area contributed by atoms with Gasteiger partial charge in [0.25, 0.3) is 0 Å². The molecule has 1 aromatic rings. The SMILES string of the molecule is CC1CCN(S(=O)(=O)Cc2ccc(N)cc2)C1CO. The monoisotopic (exact) mass is 284 g/mol. The predicted molar refractivity (Wildman–Crippen MR) is 74.8 cm³/mol. The van der Waals surface area contributed by atoms with Crippen molar-refractivity contribution in [1.82, 2.24) is 4.31 Å². The van der Waals surface area contributed by atoms with Gasteiger partial charge in [-0.05, 0) is 30.0 Å². The van der Waals surface area contributed by atoms with Gasteiger partial charge in [0.05, 0.1) is 18.4 Å². The van der Waals surface area contributed by atoms with Crippen LogP contribution in [0.25, 0.3) is 0 Å². The number of benzene rings is 1. The number of sulfonamides is 1. The summed E-state index contributed by atoms with van der Waals surface area (Å²) in [6.45, 7) is 2.34. The molecule has 1 aromatic carbocycles. The molecule has 2 unspecified atom stereocenters. The van der Waals surface area contributed by atoms with E-state index in [2.05, 4.69) is 0 Å². The van der Waals surface area contributed by atoms with Gasteiger partial charge in [-0.25, -0.2) is 8.42 Å². The maximum absolute atomic E-state index is 12.4. The molecule has 3 N–H and O–H groups in total. The molecule has 1 fully saturated rings. The minimum absolute atomic E-state index is 0.0451. The lowest BCUT2D eigenvalue weighted by atomic mass is 10.0. The Hall–Kier alpha value is -1.11. The van der Waals surface area contributed by atoms with E-state index in [0.717, 1.165) is 6.42 Å². The second-order valence-corrected chi connectivity index (χ2v) is 7.05. The van der Waals surface area contributed by atoms with Crippen LogP contribution in [0.2, 0.25) is 0 Å². The van der Waals surface area contributed by atoms with E-state index in [1.54, 1.807) is 24.3 Å². The van der Waals surface area contributed by atoms with E-state index >= 15 is 0 Å². The highest BCUT2D eigenvalue weighted by molar-refractivity contribution is 7.88. The van der Waals surface area contributed by atoms with Gasteiger partial charge in [0.2, 0.25) is 10.0 Å². The fraction of sp³-hybridized carbons (Fsp3) is 0.538. The second-order valence-electron chi connectivity index (χ2n) is 5.12. The van der Waals surface area contributed by atoms with Gasteiger partial charge in [0, 0.05) is 12.2 Å². The van der Waals surface area contributed by atoms with Gasteiger partial charge < -0.3 is 10.8 Å². The molecule has 0 spiro atoms. The first kappa shape index (κ1) is 14.3. The number of nitrogens with zero attached hydrogens (tertiary/aromatic N) is 1. The van der Waals surface area contributed by atoms with Gasteiger partial charge in [0.15, 0.2) is 0 Å². The molecule has 0 aliphatic carbocycles. The van der Waals surface area contributed by atoms with Crippen LogP contribution < -0.4 is 5.73 Å². The van der Waals surface area contributed by atoms with Crippen LogP contribution in [-0.2, 0) is 15.8 Å². The summed E-state index contributed by atoms with van der Waals surface area (Å²) < 4.78 is 26.2. The molecule has 1 aliphatic heterocycles. The first-order chi connectivity index (χ1) is 8.94. The van der Waals surface area contributed by atoms with Crippen molar-refractivity contribution in [1.29, 1.82) is 0 Å². The van der Waals surface area contributed by atoms with Gasteiger partial charge >= 0.3 is 0 Å². The van der Waals surface area contributed by atoms with E-state index < -0.39 is 10.0 Å². The molecule has 1 heterocycles. The molecular formula is C13H20N2O3S. The van der Waals surface area contributed by atoms with Gasteiger partial charge in [-0.1, -0.05) is 19.1 Å². The molecule has 5 nitrogen and oxygen atoms in total. The van der Waals surface area contributed by atoms with Crippen LogP contribution in [0.4, 0.5) is 5.69 Å². The Balaban J connectivity index is 2.16. The molecule has 1 saturated heterocycles. The second kappa shape index (κ2) is 5.48. The van der Waals surface area contributed by atoms with Crippen molar-refractivity contribution in [2.24, 2.45) is 5.92 Å². The van der Waals surface area contributed by atoms with E-state index in [9.17, 15) is 13.5 Å². The minimum Gasteiger partial charge on any atom is -0.399 e. The first-order valence-corrected chi connectivity index (χ1v) is 8.00. The van der Waals surface area contributed by atoms with E-state index in [4.69, 9.17) is 5.73 Å². The molecule has 2 rings (SSSR count). The number of nitrogens with two attached hydrogens (primary N) is 1. The number of aliphatic hydroxyl groups excluding tert-OH is 1. The van der Waals surface area contributed by atoms with Crippen LogP contribution in [0, 0.1) is 5.92 Å². The lowest BCUT2D eigenvalue weighted by Crippen LogP contribution is -2.40. The lowest BCUT2D eigenvalue weighted by molar-refractivity contribution is 0.191. The lowest BCUT2D eigenvalue weighted by Gasteiger charge is -2.24. The summed E-state index contributed by atoms with van der Waals surface area (Å²) in [6, 6.07) is 6.54. The van der Waals surface area contributed by atoms with E-state index in [1.807, 2.05) is 6.92 Å². The Morgan fingerprint density at radius 3 is 2.58 bits per heavy atom. The summed E-state index contributed by atoms with van der Waals surface area (Å²) in [5.74, 6) is 0.155. The van der Waals surface area contributed by atoms with Crippen molar-refractivity contribution in [3.63, 3.8) is 0 Å². The standard InChI is InChI=1S/C13H20N2O3S/c1-10-6-7-15(13(10)8-16)19(17,18)9-11-2-4-12(14)5-3-11/h2-5,10,13,16H,6-9,14H2,1H3. The van der Waals surface area contributed by atoms with E-state index in [0.29, 0.717) is 17.8 Å². The molecule has 0 bridgehead atoms. The summed E-state index contributed by atoms with van der Waals surface area (Å²) >= 11 is 0. The maximum Gasteiger partial charge on any atom is 0.218 e. The van der Waals surface area contributed by atoms with Crippen LogP contribution in [0.15, 0.2) is 24.3 Å². The highest BCUT2D eigenvalue weighted by Crippen LogP contribution is 2.28. The number of aliphatic hydroxyl groups is 1. The van der Waals surface area contributed by atoms with Crippen molar-refractivity contribution >= 4 is 15.7 Å². The number of rotatable bonds is 4. The van der Waals surface area contributed by atoms with Crippen molar-refractivity contribution < 1.29 is 13.5 Å². The molecule has 1 aliphatic rings. The zero-order valence-corrected chi connectivity index (χ0v) is 11.8. The average Bonchev–Trinajstić information content (AvgIpc) is 2.74. The third-order valence-electron chi connectivity index (χ3n) is 3.70. The van der Waals surface area contributed by atoms with Crippen molar-refractivity contribution in [2.75, 3.05) is 18.9 Å². The normalized spacial score (nSPS) is 24.7.